The molecule has 1 saturated heterocycles. The zero-order valence-corrected chi connectivity index (χ0v) is 16.7. The van der Waals surface area contributed by atoms with Crippen LogP contribution < -0.4 is 9.47 Å². The zero-order valence-electron chi connectivity index (χ0n) is 15.9. The number of hydrogen-bond donors (Lipinski definition) is 0. The highest BCUT2D eigenvalue weighted by Gasteiger charge is 2.28. The van der Waals surface area contributed by atoms with Gasteiger partial charge in [0.25, 0.3) is 0 Å². The van der Waals surface area contributed by atoms with E-state index in [1.54, 1.807) is 31.6 Å². The second-order valence-electron chi connectivity index (χ2n) is 6.73. The van der Waals surface area contributed by atoms with E-state index in [0.717, 1.165) is 45.3 Å². The maximum Gasteiger partial charge on any atom is 0.246 e. The smallest absolute Gasteiger partial charge is 0.246 e. The lowest BCUT2D eigenvalue weighted by atomic mass is 9.97. The maximum atomic E-state index is 12.6. The van der Waals surface area contributed by atoms with Gasteiger partial charge in [-0.2, -0.15) is 0 Å². The van der Waals surface area contributed by atoms with Crippen molar-refractivity contribution in [3.8, 4) is 11.5 Å². The highest BCUT2D eigenvalue weighted by Crippen LogP contribution is 2.36. The summed E-state index contributed by atoms with van der Waals surface area (Å²) < 4.78 is 12.0. The fourth-order valence-electron chi connectivity index (χ4n) is 3.58. The molecule has 0 radical (unpaired) electrons. The average molecular weight is 394 g/mol. The van der Waals surface area contributed by atoms with Crippen LogP contribution in [-0.2, 0) is 4.79 Å². The summed E-state index contributed by atoms with van der Waals surface area (Å²) in [6.45, 7) is 1.40. The van der Waals surface area contributed by atoms with Crippen LogP contribution in [0.25, 0.3) is 16.3 Å². The largest absolute Gasteiger partial charge is 0.497 e. The fourth-order valence-corrected chi connectivity index (χ4v) is 4.45. The lowest BCUT2D eigenvalue weighted by Crippen LogP contribution is -2.26. The topological polar surface area (TPSA) is 51.7 Å². The lowest BCUT2D eigenvalue weighted by molar-refractivity contribution is -0.124. The SMILES string of the molecule is COc1ccc(OC)c(C2CCN(C(=O)/C=C/c3nc4ccccc4s3)C2)c1. The summed E-state index contributed by atoms with van der Waals surface area (Å²) in [4.78, 5) is 19.1. The average Bonchev–Trinajstić information content (AvgIpc) is 3.38. The number of likely N-dealkylation sites (tertiary alicyclic amines) is 1. The van der Waals surface area contributed by atoms with Crippen molar-refractivity contribution in [3.05, 3.63) is 59.1 Å². The standard InChI is InChI=1S/C22H22N2O3S/c1-26-16-7-8-19(27-2)17(13-16)15-11-12-24(14-15)22(25)10-9-21-23-18-5-3-4-6-20(18)28-21/h3-10,13,15H,11-12,14H2,1-2H3/b10-9+. The van der Waals surface area contributed by atoms with Crippen LogP contribution in [0.1, 0.15) is 22.9 Å². The summed E-state index contributed by atoms with van der Waals surface area (Å²) in [7, 11) is 3.33. The number of nitrogens with zero attached hydrogens (tertiary/aromatic N) is 2. The molecule has 0 spiro atoms. The third kappa shape index (κ3) is 3.73. The highest BCUT2D eigenvalue weighted by molar-refractivity contribution is 7.19. The van der Waals surface area contributed by atoms with Crippen LogP contribution in [0.5, 0.6) is 11.5 Å². The van der Waals surface area contributed by atoms with Crippen molar-refractivity contribution in [1.82, 2.24) is 9.88 Å². The Hall–Kier alpha value is -2.86. The Morgan fingerprint density at radius 2 is 2.07 bits per heavy atom. The molecule has 6 heteroatoms. The molecule has 0 N–H and O–H groups in total. The molecule has 2 heterocycles. The van der Waals surface area contributed by atoms with E-state index in [0.29, 0.717) is 6.54 Å². The number of amides is 1. The van der Waals surface area contributed by atoms with Crippen molar-refractivity contribution in [1.29, 1.82) is 0 Å². The lowest BCUT2D eigenvalue weighted by Gasteiger charge is -2.17. The number of hydrogen-bond acceptors (Lipinski definition) is 5. The molecule has 4 rings (SSSR count). The van der Waals surface area contributed by atoms with Crippen molar-refractivity contribution < 1.29 is 14.3 Å². The molecule has 28 heavy (non-hydrogen) atoms. The number of benzene rings is 2. The summed E-state index contributed by atoms with van der Waals surface area (Å²) in [5.41, 5.74) is 2.05. The summed E-state index contributed by atoms with van der Waals surface area (Å²) in [6, 6.07) is 13.8. The predicted molar refractivity (Wildman–Crippen MR) is 112 cm³/mol. The number of ether oxygens (including phenoxy) is 2. The van der Waals surface area contributed by atoms with Gasteiger partial charge in [0, 0.05) is 30.6 Å². The number of para-hydroxylation sites is 1. The molecule has 0 saturated carbocycles. The molecule has 1 atom stereocenters. The fraction of sp³-hybridized carbons (Fsp3) is 0.273. The van der Waals surface area contributed by atoms with Gasteiger partial charge in [0.2, 0.25) is 5.91 Å². The molecule has 0 bridgehead atoms. The van der Waals surface area contributed by atoms with Gasteiger partial charge < -0.3 is 14.4 Å². The van der Waals surface area contributed by atoms with Gasteiger partial charge in [-0.3, -0.25) is 4.79 Å². The Kier molecular flexibility index (Phi) is 5.30. The molecule has 2 aromatic carbocycles. The van der Waals surface area contributed by atoms with E-state index >= 15 is 0 Å². The first-order chi connectivity index (χ1) is 13.7. The number of fused-ring (bicyclic) bond motifs is 1. The highest BCUT2D eigenvalue weighted by atomic mass is 32.1. The Labute approximate surface area is 168 Å². The van der Waals surface area contributed by atoms with Gasteiger partial charge in [-0.05, 0) is 42.8 Å². The van der Waals surface area contributed by atoms with Crippen LogP contribution in [-0.4, -0.2) is 43.1 Å². The van der Waals surface area contributed by atoms with Gasteiger partial charge in [-0.1, -0.05) is 12.1 Å². The monoisotopic (exact) mass is 394 g/mol. The number of carbonyl (C=O) groups excluding carboxylic acids is 1. The van der Waals surface area contributed by atoms with Crippen LogP contribution >= 0.6 is 11.3 Å². The quantitative estimate of drug-likeness (QED) is 0.604. The van der Waals surface area contributed by atoms with Crippen LogP contribution in [0.4, 0.5) is 0 Å². The minimum atomic E-state index is 0.0172. The summed E-state index contributed by atoms with van der Waals surface area (Å²) in [5.74, 6) is 1.90. The molecule has 144 valence electrons. The van der Waals surface area contributed by atoms with E-state index in [-0.39, 0.29) is 11.8 Å². The number of rotatable bonds is 5. The van der Waals surface area contributed by atoms with Gasteiger partial charge in [-0.15, -0.1) is 11.3 Å². The van der Waals surface area contributed by atoms with Crippen molar-refractivity contribution in [2.45, 2.75) is 12.3 Å². The number of carbonyl (C=O) groups is 1. The zero-order chi connectivity index (χ0) is 19.5. The van der Waals surface area contributed by atoms with E-state index in [9.17, 15) is 4.79 Å². The van der Waals surface area contributed by atoms with E-state index in [1.807, 2.05) is 53.4 Å². The molecule has 1 fully saturated rings. The first-order valence-corrected chi connectivity index (χ1v) is 10.0. The number of methoxy groups -OCH3 is 2. The Balaban J connectivity index is 1.46. The Morgan fingerprint density at radius 1 is 1.21 bits per heavy atom. The van der Waals surface area contributed by atoms with Gasteiger partial charge in [-0.25, -0.2) is 4.98 Å². The van der Waals surface area contributed by atoms with Crippen molar-refractivity contribution in [2.24, 2.45) is 0 Å². The molecule has 3 aromatic rings. The van der Waals surface area contributed by atoms with E-state index in [2.05, 4.69) is 4.98 Å². The normalized spacial score (nSPS) is 16.8. The van der Waals surface area contributed by atoms with Crippen LogP contribution in [0.2, 0.25) is 0 Å². The van der Waals surface area contributed by atoms with E-state index in [1.165, 1.54) is 0 Å². The van der Waals surface area contributed by atoms with Crippen molar-refractivity contribution >= 4 is 33.5 Å². The molecule has 5 nitrogen and oxygen atoms in total. The van der Waals surface area contributed by atoms with E-state index in [4.69, 9.17) is 9.47 Å². The first-order valence-electron chi connectivity index (χ1n) is 9.22. The summed E-state index contributed by atoms with van der Waals surface area (Å²) in [5, 5.41) is 0.847. The van der Waals surface area contributed by atoms with Gasteiger partial charge in [0.05, 0.1) is 24.4 Å². The Bertz CT molecular complexity index is 995. The molecule has 1 unspecified atom stereocenters. The Morgan fingerprint density at radius 3 is 2.86 bits per heavy atom. The maximum absolute atomic E-state index is 12.6. The molecular formula is C22H22N2O3S. The van der Waals surface area contributed by atoms with Crippen molar-refractivity contribution in [3.63, 3.8) is 0 Å². The molecule has 0 aliphatic carbocycles. The van der Waals surface area contributed by atoms with E-state index < -0.39 is 0 Å². The van der Waals surface area contributed by atoms with Crippen molar-refractivity contribution in [2.75, 3.05) is 27.3 Å². The minimum Gasteiger partial charge on any atom is -0.497 e. The summed E-state index contributed by atoms with van der Waals surface area (Å²) >= 11 is 1.59. The van der Waals surface area contributed by atoms with Gasteiger partial charge in [0.1, 0.15) is 16.5 Å². The second kappa shape index (κ2) is 8.02. The van der Waals surface area contributed by atoms with Gasteiger partial charge >= 0.3 is 0 Å². The minimum absolute atomic E-state index is 0.0172. The predicted octanol–water partition coefficient (Wildman–Crippen LogP) is 4.34. The number of aromatic nitrogens is 1. The van der Waals surface area contributed by atoms with Crippen LogP contribution in [0, 0.1) is 0 Å². The molecule has 1 aliphatic rings. The first kappa shape index (κ1) is 18.5. The molecule has 1 aliphatic heterocycles. The van der Waals surface area contributed by atoms with Crippen LogP contribution in [0.3, 0.4) is 0 Å². The summed E-state index contributed by atoms with van der Waals surface area (Å²) in [6.07, 6.45) is 4.35. The van der Waals surface area contributed by atoms with Gasteiger partial charge in [0.15, 0.2) is 0 Å². The molecule has 1 amide bonds. The molecule has 1 aromatic heterocycles. The van der Waals surface area contributed by atoms with Crippen LogP contribution in [0.15, 0.2) is 48.5 Å². The third-order valence-electron chi connectivity index (χ3n) is 5.06. The molecular weight excluding hydrogens is 372 g/mol. The second-order valence-corrected chi connectivity index (χ2v) is 7.79. The third-order valence-corrected chi connectivity index (χ3v) is 6.06. The number of thiazole rings is 1.